The Hall–Kier alpha value is -1.94. The summed E-state index contributed by atoms with van der Waals surface area (Å²) < 4.78 is 67.9. The number of hydrogen-bond donors (Lipinski definition) is 3. The van der Waals surface area contributed by atoms with Crippen LogP contribution >= 0.6 is 15.6 Å². The van der Waals surface area contributed by atoms with Gasteiger partial charge >= 0.3 is 39.5 Å². The highest BCUT2D eigenvalue weighted by atomic mass is 31.2. The highest BCUT2D eigenvalue weighted by Crippen LogP contribution is 2.45. The van der Waals surface area contributed by atoms with E-state index in [1.165, 1.54) is 148 Å². The van der Waals surface area contributed by atoms with Gasteiger partial charge in [-0.3, -0.25) is 37.3 Å². The zero-order valence-electron chi connectivity index (χ0n) is 56.3. The number of carbonyl (C=O) groups excluding carboxylic acids is 4. The molecule has 0 aromatic rings. The van der Waals surface area contributed by atoms with E-state index < -0.39 is 97.5 Å². The van der Waals surface area contributed by atoms with Gasteiger partial charge in [-0.25, -0.2) is 9.13 Å². The van der Waals surface area contributed by atoms with Crippen molar-refractivity contribution in [3.63, 3.8) is 0 Å². The van der Waals surface area contributed by atoms with Crippen molar-refractivity contribution in [1.29, 1.82) is 0 Å². The van der Waals surface area contributed by atoms with E-state index >= 15 is 0 Å². The van der Waals surface area contributed by atoms with Crippen LogP contribution in [-0.2, 0) is 65.4 Å². The zero-order chi connectivity index (χ0) is 64.3. The maximum atomic E-state index is 13.0. The number of esters is 4. The first-order valence-corrected chi connectivity index (χ1v) is 38.6. The summed E-state index contributed by atoms with van der Waals surface area (Å²) in [5.41, 5.74) is 0. The molecule has 19 heteroatoms. The van der Waals surface area contributed by atoms with Gasteiger partial charge in [0, 0.05) is 25.7 Å². The molecule has 87 heavy (non-hydrogen) atoms. The molecule has 516 valence electrons. The van der Waals surface area contributed by atoms with Crippen molar-refractivity contribution in [3.8, 4) is 0 Å². The fourth-order valence-corrected chi connectivity index (χ4v) is 11.8. The number of phosphoric ester groups is 2. The average molecular weight is 1280 g/mol. The highest BCUT2D eigenvalue weighted by molar-refractivity contribution is 7.47. The molecule has 0 spiro atoms. The van der Waals surface area contributed by atoms with Crippen LogP contribution in [0.1, 0.15) is 343 Å². The number of aliphatic hydroxyl groups is 1. The van der Waals surface area contributed by atoms with Crippen LogP contribution < -0.4 is 0 Å². The largest absolute Gasteiger partial charge is 0.472 e. The summed E-state index contributed by atoms with van der Waals surface area (Å²) in [6.07, 6.45) is 45.0. The molecule has 0 bridgehead atoms. The normalized spacial score (nSPS) is 14.8. The summed E-state index contributed by atoms with van der Waals surface area (Å²) in [4.78, 5) is 72.0. The SMILES string of the molecule is CCCCCCCCCCCCC(=O)O[C@H](COC(=O)CCCCCCC)COP(=O)(O)OC[C@H](O)COP(=O)(O)OC[C@@H](COC(=O)CCCCCCCCC(C)CC)OC(=O)CCCCCCCCCCCCCCCCCCCCC(C)CC. The Morgan fingerprint density at radius 1 is 0.322 bits per heavy atom. The van der Waals surface area contributed by atoms with Crippen molar-refractivity contribution >= 4 is 39.5 Å². The fraction of sp³-hybridized carbons (Fsp3) is 0.941. The lowest BCUT2D eigenvalue weighted by Crippen LogP contribution is -2.30. The summed E-state index contributed by atoms with van der Waals surface area (Å²) in [5, 5.41) is 10.5. The molecule has 0 saturated heterocycles. The summed E-state index contributed by atoms with van der Waals surface area (Å²) in [6.45, 7) is 9.45. The molecular formula is C68H132O17P2. The van der Waals surface area contributed by atoms with Crippen LogP contribution in [0.5, 0.6) is 0 Å². The molecule has 0 radical (unpaired) electrons. The topological polar surface area (TPSA) is 237 Å². The van der Waals surface area contributed by atoms with Crippen molar-refractivity contribution in [3.05, 3.63) is 0 Å². The Balaban J connectivity index is 5.06. The molecule has 0 fully saturated rings. The van der Waals surface area contributed by atoms with Gasteiger partial charge in [0.2, 0.25) is 0 Å². The predicted octanol–water partition coefficient (Wildman–Crippen LogP) is 19.2. The van der Waals surface area contributed by atoms with Crippen molar-refractivity contribution in [1.82, 2.24) is 0 Å². The van der Waals surface area contributed by atoms with E-state index in [9.17, 15) is 43.2 Å². The third kappa shape index (κ3) is 60.1. The second kappa shape index (κ2) is 60.3. The monoisotopic (exact) mass is 1280 g/mol. The van der Waals surface area contributed by atoms with E-state index in [1.807, 2.05) is 0 Å². The third-order valence-electron chi connectivity index (χ3n) is 16.4. The number of phosphoric acid groups is 2. The first kappa shape index (κ1) is 85.1. The zero-order valence-corrected chi connectivity index (χ0v) is 58.1. The summed E-state index contributed by atoms with van der Waals surface area (Å²) >= 11 is 0. The minimum atomic E-state index is -4.95. The number of ether oxygens (including phenoxy) is 4. The Bertz CT molecular complexity index is 1700. The van der Waals surface area contributed by atoms with Crippen LogP contribution in [0.15, 0.2) is 0 Å². The summed E-state index contributed by atoms with van der Waals surface area (Å²) in [5.74, 6) is -0.540. The van der Waals surface area contributed by atoms with Crippen molar-refractivity contribution in [2.45, 2.75) is 362 Å². The minimum absolute atomic E-state index is 0.105. The second-order valence-electron chi connectivity index (χ2n) is 25.0. The number of unbranched alkanes of at least 4 members (excludes halogenated alkanes) is 35. The molecule has 7 atom stereocenters. The van der Waals surface area contributed by atoms with Gasteiger partial charge in [-0.2, -0.15) is 0 Å². The van der Waals surface area contributed by atoms with E-state index in [0.717, 1.165) is 115 Å². The maximum absolute atomic E-state index is 13.0. The Morgan fingerprint density at radius 3 is 0.816 bits per heavy atom. The molecule has 0 aromatic heterocycles. The molecule has 4 unspecified atom stereocenters. The van der Waals surface area contributed by atoms with Crippen molar-refractivity contribution in [2.24, 2.45) is 11.8 Å². The van der Waals surface area contributed by atoms with E-state index in [0.29, 0.717) is 25.7 Å². The molecule has 0 aliphatic heterocycles. The molecule has 17 nitrogen and oxygen atoms in total. The molecule has 0 saturated carbocycles. The lowest BCUT2D eigenvalue weighted by molar-refractivity contribution is -0.161. The van der Waals surface area contributed by atoms with Gasteiger partial charge in [0.05, 0.1) is 26.4 Å². The van der Waals surface area contributed by atoms with Crippen LogP contribution in [0.2, 0.25) is 0 Å². The summed E-state index contributed by atoms with van der Waals surface area (Å²) in [6, 6.07) is 0. The van der Waals surface area contributed by atoms with Gasteiger partial charge in [0.1, 0.15) is 19.3 Å². The first-order valence-electron chi connectivity index (χ1n) is 35.6. The predicted molar refractivity (Wildman–Crippen MR) is 349 cm³/mol. The Morgan fingerprint density at radius 2 is 0.552 bits per heavy atom. The number of rotatable bonds is 67. The van der Waals surface area contributed by atoms with Gasteiger partial charge in [0.25, 0.3) is 0 Å². The average Bonchev–Trinajstić information content (AvgIpc) is 3.71. The third-order valence-corrected chi connectivity index (χ3v) is 18.3. The highest BCUT2D eigenvalue weighted by Gasteiger charge is 2.30. The van der Waals surface area contributed by atoms with Gasteiger partial charge < -0.3 is 33.8 Å². The molecule has 0 aliphatic rings. The van der Waals surface area contributed by atoms with Crippen LogP contribution in [0.4, 0.5) is 0 Å². The number of aliphatic hydroxyl groups excluding tert-OH is 1. The van der Waals surface area contributed by atoms with E-state index in [1.54, 1.807) is 0 Å². The standard InChI is InChI=1S/C68H132O17P2/c1-7-11-13-15-16-17-29-32-40-46-52-67(72)84-63(56-78-65(70)50-44-36-14-12-8-2)58-82-86(74,75)80-54-62(69)55-81-87(76,77)83-59-64(57-79-66(71)51-45-39-35-34-38-43-49-61(6)10-4)85-68(73)53-47-41-33-30-27-25-23-21-19-18-20-22-24-26-28-31-37-42-48-60(5)9-3/h60-64,69H,7-59H2,1-6H3,(H,74,75)(H,76,77)/t60?,61?,62-,63+,64+/m0/s1. The number of hydrogen-bond acceptors (Lipinski definition) is 15. The van der Waals surface area contributed by atoms with Crippen LogP contribution in [0, 0.1) is 11.8 Å². The van der Waals surface area contributed by atoms with Crippen LogP contribution in [-0.4, -0.2) is 96.7 Å². The number of carbonyl (C=O) groups is 4. The molecular weight excluding hydrogens is 1150 g/mol. The smallest absolute Gasteiger partial charge is 0.462 e. The minimum Gasteiger partial charge on any atom is -0.462 e. The molecule has 3 N–H and O–H groups in total. The van der Waals surface area contributed by atoms with Crippen LogP contribution in [0.25, 0.3) is 0 Å². The quantitative estimate of drug-likeness (QED) is 0.0222. The van der Waals surface area contributed by atoms with Crippen LogP contribution in [0.3, 0.4) is 0 Å². The lowest BCUT2D eigenvalue weighted by atomic mass is 9.99. The maximum Gasteiger partial charge on any atom is 0.472 e. The molecule has 0 aliphatic carbocycles. The Labute approximate surface area is 530 Å². The van der Waals surface area contributed by atoms with E-state index in [-0.39, 0.29) is 25.7 Å². The first-order chi connectivity index (χ1) is 41.9. The van der Waals surface area contributed by atoms with Crippen molar-refractivity contribution < 1.29 is 80.2 Å². The Kier molecular flexibility index (Phi) is 59.0. The molecule has 0 amide bonds. The molecule has 0 heterocycles. The fourth-order valence-electron chi connectivity index (χ4n) is 10.2. The van der Waals surface area contributed by atoms with E-state index in [2.05, 4.69) is 41.5 Å². The van der Waals surface area contributed by atoms with Gasteiger partial charge in [-0.15, -0.1) is 0 Å². The lowest BCUT2D eigenvalue weighted by Gasteiger charge is -2.21. The summed E-state index contributed by atoms with van der Waals surface area (Å²) in [7, 11) is -9.88. The van der Waals surface area contributed by atoms with Gasteiger partial charge in [-0.1, -0.05) is 292 Å². The van der Waals surface area contributed by atoms with Gasteiger partial charge in [0.15, 0.2) is 12.2 Å². The van der Waals surface area contributed by atoms with E-state index in [4.69, 9.17) is 37.0 Å². The molecule has 0 rings (SSSR count). The van der Waals surface area contributed by atoms with Gasteiger partial charge in [-0.05, 0) is 37.5 Å². The molecule has 0 aromatic carbocycles. The second-order valence-corrected chi connectivity index (χ2v) is 28.0. The van der Waals surface area contributed by atoms with Crippen molar-refractivity contribution in [2.75, 3.05) is 39.6 Å².